The maximum Gasteiger partial charge on any atom is 0.191 e. The van der Waals surface area contributed by atoms with Gasteiger partial charge in [0.05, 0.1) is 5.69 Å². The molecule has 1 aromatic heterocycles. The predicted molar refractivity (Wildman–Crippen MR) is 93.8 cm³/mol. The van der Waals surface area contributed by atoms with Crippen molar-refractivity contribution in [3.63, 3.8) is 0 Å². The lowest BCUT2D eigenvalue weighted by molar-refractivity contribution is 0.253. The van der Waals surface area contributed by atoms with Crippen molar-refractivity contribution in [1.29, 1.82) is 0 Å². The van der Waals surface area contributed by atoms with Crippen molar-refractivity contribution in [2.24, 2.45) is 10.9 Å². The molecule has 0 aliphatic heterocycles. The Kier molecular flexibility index (Phi) is 9.36. The fraction of sp³-hybridized carbons (Fsp3) is 0.765. The summed E-state index contributed by atoms with van der Waals surface area (Å²) in [6.45, 7) is 10.7. The summed E-state index contributed by atoms with van der Waals surface area (Å²) in [6, 6.07) is 0. The summed E-state index contributed by atoms with van der Waals surface area (Å²) < 4.78 is 5.19. The molecule has 0 aromatic carbocycles. The molecule has 0 fully saturated rings. The lowest BCUT2D eigenvalue weighted by Crippen LogP contribution is -2.38. The highest BCUT2D eigenvalue weighted by Gasteiger charge is 2.10. The van der Waals surface area contributed by atoms with Gasteiger partial charge in [-0.2, -0.15) is 0 Å². The van der Waals surface area contributed by atoms with Gasteiger partial charge < -0.3 is 20.3 Å². The van der Waals surface area contributed by atoms with Gasteiger partial charge in [-0.15, -0.1) is 0 Å². The second kappa shape index (κ2) is 11.0. The van der Waals surface area contributed by atoms with Crippen LogP contribution in [0.3, 0.4) is 0 Å². The highest BCUT2D eigenvalue weighted by molar-refractivity contribution is 5.79. The van der Waals surface area contributed by atoms with Gasteiger partial charge in [-0.05, 0) is 46.0 Å². The van der Waals surface area contributed by atoms with Gasteiger partial charge in [0, 0.05) is 31.8 Å². The van der Waals surface area contributed by atoms with E-state index in [2.05, 4.69) is 34.6 Å². The first-order valence-electron chi connectivity index (χ1n) is 8.67. The van der Waals surface area contributed by atoms with Crippen molar-refractivity contribution in [1.82, 2.24) is 15.8 Å². The Morgan fingerprint density at radius 2 is 2.04 bits per heavy atom. The number of rotatable bonds is 10. The van der Waals surface area contributed by atoms with Crippen molar-refractivity contribution >= 4 is 5.96 Å². The van der Waals surface area contributed by atoms with Crippen molar-refractivity contribution in [3.8, 4) is 0 Å². The van der Waals surface area contributed by atoms with Crippen LogP contribution in [-0.4, -0.2) is 42.5 Å². The number of guanidine groups is 1. The van der Waals surface area contributed by atoms with E-state index >= 15 is 0 Å². The molecule has 0 spiro atoms. The standard InChI is InChI=1S/C17H32N4O2/c1-5-7-15(9-11-22)12-20-17(18-6-2)19-10-8-16-13(3)21-23-14(16)4/h15,22H,5-12H2,1-4H3,(H2,18,19,20). The molecule has 0 aliphatic rings. The van der Waals surface area contributed by atoms with Crippen LogP contribution < -0.4 is 10.6 Å². The Morgan fingerprint density at radius 3 is 2.61 bits per heavy atom. The van der Waals surface area contributed by atoms with E-state index in [9.17, 15) is 0 Å². The molecule has 6 nitrogen and oxygen atoms in total. The van der Waals surface area contributed by atoms with Gasteiger partial charge in [0.25, 0.3) is 0 Å². The third kappa shape index (κ3) is 7.03. The SMILES string of the molecule is CCCC(CCO)CN=C(NCC)NCCc1c(C)noc1C. The number of aliphatic imine (C=N–C) groups is 1. The second-order valence-electron chi connectivity index (χ2n) is 5.87. The number of aliphatic hydroxyl groups excluding tert-OH is 1. The largest absolute Gasteiger partial charge is 0.396 e. The van der Waals surface area contributed by atoms with Crippen LogP contribution in [0.1, 0.15) is 50.1 Å². The van der Waals surface area contributed by atoms with E-state index < -0.39 is 0 Å². The molecular weight excluding hydrogens is 292 g/mol. The van der Waals surface area contributed by atoms with Gasteiger partial charge >= 0.3 is 0 Å². The van der Waals surface area contributed by atoms with Gasteiger partial charge in [-0.1, -0.05) is 18.5 Å². The predicted octanol–water partition coefficient (Wildman–Crippen LogP) is 2.19. The lowest BCUT2D eigenvalue weighted by atomic mass is 10.0. The molecule has 132 valence electrons. The molecule has 0 saturated carbocycles. The zero-order chi connectivity index (χ0) is 17.1. The molecule has 0 bridgehead atoms. The minimum atomic E-state index is 0.232. The van der Waals surface area contributed by atoms with Crippen molar-refractivity contribution in [2.45, 2.75) is 53.4 Å². The number of nitrogens with zero attached hydrogens (tertiary/aromatic N) is 2. The number of hydrogen-bond donors (Lipinski definition) is 3. The van der Waals surface area contributed by atoms with Gasteiger partial charge in [-0.3, -0.25) is 4.99 Å². The molecule has 0 aliphatic carbocycles. The van der Waals surface area contributed by atoms with E-state index in [-0.39, 0.29) is 6.61 Å². The highest BCUT2D eigenvalue weighted by Crippen LogP contribution is 2.12. The maximum absolute atomic E-state index is 9.14. The molecule has 1 atom stereocenters. The average Bonchev–Trinajstić information content (AvgIpc) is 2.84. The summed E-state index contributed by atoms with van der Waals surface area (Å²) >= 11 is 0. The zero-order valence-corrected chi connectivity index (χ0v) is 15.0. The molecular formula is C17H32N4O2. The molecule has 0 amide bonds. The Bertz CT molecular complexity index is 446. The summed E-state index contributed by atoms with van der Waals surface area (Å²) in [7, 11) is 0. The molecule has 1 rings (SSSR count). The number of aliphatic hydroxyl groups is 1. The van der Waals surface area contributed by atoms with E-state index in [0.29, 0.717) is 5.92 Å². The topological polar surface area (TPSA) is 82.7 Å². The maximum atomic E-state index is 9.14. The van der Waals surface area contributed by atoms with Crippen molar-refractivity contribution < 1.29 is 9.63 Å². The number of nitrogens with one attached hydrogen (secondary N) is 2. The first-order valence-corrected chi connectivity index (χ1v) is 8.67. The quantitative estimate of drug-likeness (QED) is 0.454. The number of aryl methyl sites for hydroxylation is 2. The molecule has 1 aromatic rings. The Labute approximate surface area is 139 Å². The fourth-order valence-electron chi connectivity index (χ4n) is 2.64. The Hall–Kier alpha value is -1.56. The summed E-state index contributed by atoms with van der Waals surface area (Å²) in [6.07, 6.45) is 3.90. The Morgan fingerprint density at radius 1 is 1.26 bits per heavy atom. The van der Waals surface area contributed by atoms with Crippen LogP contribution in [0, 0.1) is 19.8 Å². The van der Waals surface area contributed by atoms with Gasteiger partial charge in [0.1, 0.15) is 5.76 Å². The Balaban J connectivity index is 2.51. The zero-order valence-electron chi connectivity index (χ0n) is 15.0. The number of hydrogen-bond acceptors (Lipinski definition) is 4. The van der Waals surface area contributed by atoms with E-state index in [4.69, 9.17) is 9.63 Å². The molecule has 3 N–H and O–H groups in total. The third-order valence-corrected chi connectivity index (χ3v) is 3.93. The lowest BCUT2D eigenvalue weighted by Gasteiger charge is -2.15. The van der Waals surface area contributed by atoms with E-state index in [1.54, 1.807) is 0 Å². The van der Waals surface area contributed by atoms with Crippen LogP contribution >= 0.6 is 0 Å². The monoisotopic (exact) mass is 324 g/mol. The van der Waals surface area contributed by atoms with Crippen LogP contribution in [0.25, 0.3) is 0 Å². The minimum absolute atomic E-state index is 0.232. The van der Waals surface area contributed by atoms with Crippen LogP contribution in [0.2, 0.25) is 0 Å². The van der Waals surface area contributed by atoms with Crippen LogP contribution in [0.15, 0.2) is 9.52 Å². The molecule has 1 heterocycles. The molecule has 1 unspecified atom stereocenters. The van der Waals surface area contributed by atoms with Crippen LogP contribution in [0.4, 0.5) is 0 Å². The normalized spacial score (nSPS) is 13.2. The summed E-state index contributed by atoms with van der Waals surface area (Å²) in [5.74, 6) is 2.17. The fourth-order valence-corrected chi connectivity index (χ4v) is 2.64. The van der Waals surface area contributed by atoms with Gasteiger partial charge in [0.2, 0.25) is 0 Å². The van der Waals surface area contributed by atoms with Crippen LogP contribution in [-0.2, 0) is 6.42 Å². The first-order chi connectivity index (χ1) is 11.1. The smallest absolute Gasteiger partial charge is 0.191 e. The van der Waals surface area contributed by atoms with E-state index in [1.165, 1.54) is 0 Å². The van der Waals surface area contributed by atoms with Crippen LogP contribution in [0.5, 0.6) is 0 Å². The summed E-state index contributed by atoms with van der Waals surface area (Å²) in [5, 5.41) is 19.7. The van der Waals surface area contributed by atoms with Gasteiger partial charge in [0.15, 0.2) is 5.96 Å². The second-order valence-corrected chi connectivity index (χ2v) is 5.87. The molecule has 0 saturated heterocycles. The van der Waals surface area contributed by atoms with Crippen molar-refractivity contribution in [3.05, 3.63) is 17.0 Å². The third-order valence-electron chi connectivity index (χ3n) is 3.93. The summed E-state index contributed by atoms with van der Waals surface area (Å²) in [4.78, 5) is 4.66. The number of aromatic nitrogens is 1. The molecule has 6 heteroatoms. The molecule has 23 heavy (non-hydrogen) atoms. The van der Waals surface area contributed by atoms with Crippen molar-refractivity contribution in [2.75, 3.05) is 26.2 Å². The molecule has 0 radical (unpaired) electrons. The minimum Gasteiger partial charge on any atom is -0.396 e. The van der Waals surface area contributed by atoms with Gasteiger partial charge in [-0.25, -0.2) is 0 Å². The average molecular weight is 324 g/mol. The summed E-state index contributed by atoms with van der Waals surface area (Å²) in [5.41, 5.74) is 2.12. The van der Waals surface area contributed by atoms with E-state index in [1.807, 2.05) is 13.8 Å². The van der Waals surface area contributed by atoms with E-state index in [0.717, 1.165) is 68.3 Å². The first kappa shape index (κ1) is 19.5. The highest BCUT2D eigenvalue weighted by atomic mass is 16.5.